The lowest BCUT2D eigenvalue weighted by molar-refractivity contribution is 0.221. The molecule has 3 rings (SSSR count). The van der Waals surface area contributed by atoms with Crippen molar-refractivity contribution in [1.82, 2.24) is 4.98 Å². The van der Waals surface area contributed by atoms with Gasteiger partial charge in [-0.1, -0.05) is 36.4 Å². The number of aliphatic hydroxyl groups excluding tert-OH is 1. The molecule has 0 radical (unpaired) electrons. The highest BCUT2D eigenvalue weighted by Gasteiger charge is 2.15. The van der Waals surface area contributed by atoms with Crippen LogP contribution >= 0.6 is 22.6 Å². The molecule has 1 heterocycles. The van der Waals surface area contributed by atoms with Crippen LogP contribution in [0.25, 0.3) is 10.9 Å². The van der Waals surface area contributed by atoms with E-state index >= 15 is 0 Å². The smallest absolute Gasteiger partial charge is 0.106 e. The summed E-state index contributed by atoms with van der Waals surface area (Å²) in [5.41, 5.74) is 2.74. The molecule has 0 saturated heterocycles. The first-order chi connectivity index (χ1) is 9.27. The Morgan fingerprint density at radius 2 is 1.68 bits per heavy atom. The lowest BCUT2D eigenvalue weighted by Gasteiger charge is -2.15. The fraction of sp³-hybridized carbons (Fsp3) is 0.0625. The molecule has 1 atom stereocenters. The molecule has 19 heavy (non-hydrogen) atoms. The van der Waals surface area contributed by atoms with Crippen molar-refractivity contribution in [3.8, 4) is 0 Å². The third-order valence-electron chi connectivity index (χ3n) is 3.17. The molecule has 0 bridgehead atoms. The Hall–Kier alpha value is -1.46. The van der Waals surface area contributed by atoms with Crippen LogP contribution in [-0.4, -0.2) is 10.1 Å². The molecule has 1 aromatic heterocycles. The fourth-order valence-electron chi connectivity index (χ4n) is 2.23. The fourth-order valence-corrected chi connectivity index (χ4v) is 2.91. The minimum atomic E-state index is -0.624. The van der Waals surface area contributed by atoms with Crippen LogP contribution in [0.4, 0.5) is 0 Å². The second kappa shape index (κ2) is 5.27. The summed E-state index contributed by atoms with van der Waals surface area (Å²) in [7, 11) is 0. The van der Waals surface area contributed by atoms with Crippen molar-refractivity contribution in [3.05, 3.63) is 75.5 Å². The first kappa shape index (κ1) is 12.6. The molecule has 1 unspecified atom stereocenters. The van der Waals surface area contributed by atoms with E-state index in [0.717, 1.165) is 25.6 Å². The molecule has 0 spiro atoms. The summed E-state index contributed by atoms with van der Waals surface area (Å²) < 4.78 is 1.06. The van der Waals surface area contributed by atoms with Gasteiger partial charge in [-0.3, -0.25) is 4.98 Å². The van der Waals surface area contributed by atoms with Gasteiger partial charge in [0.25, 0.3) is 0 Å². The van der Waals surface area contributed by atoms with Gasteiger partial charge < -0.3 is 5.11 Å². The first-order valence-corrected chi connectivity index (χ1v) is 7.11. The topological polar surface area (TPSA) is 33.1 Å². The average molecular weight is 361 g/mol. The highest BCUT2D eigenvalue weighted by molar-refractivity contribution is 14.1. The van der Waals surface area contributed by atoms with E-state index in [4.69, 9.17) is 0 Å². The van der Waals surface area contributed by atoms with E-state index in [2.05, 4.69) is 27.6 Å². The monoisotopic (exact) mass is 361 g/mol. The van der Waals surface area contributed by atoms with Gasteiger partial charge in [-0.2, -0.15) is 0 Å². The van der Waals surface area contributed by atoms with Crippen LogP contribution in [0.2, 0.25) is 0 Å². The lowest BCUT2D eigenvalue weighted by Crippen LogP contribution is -2.02. The van der Waals surface area contributed by atoms with Crippen LogP contribution in [0.1, 0.15) is 17.2 Å². The number of aliphatic hydroxyl groups is 1. The maximum Gasteiger partial charge on any atom is 0.106 e. The van der Waals surface area contributed by atoms with E-state index in [0.29, 0.717) is 0 Å². The number of benzene rings is 2. The van der Waals surface area contributed by atoms with Gasteiger partial charge in [-0.15, -0.1) is 0 Å². The summed E-state index contributed by atoms with van der Waals surface area (Å²) in [5, 5.41) is 11.6. The minimum absolute atomic E-state index is 0.624. The van der Waals surface area contributed by atoms with E-state index in [1.807, 2.05) is 54.6 Å². The Bertz CT molecular complexity index is 721. The van der Waals surface area contributed by atoms with Crippen molar-refractivity contribution < 1.29 is 5.11 Å². The number of halogens is 1. The quantitative estimate of drug-likeness (QED) is 0.702. The van der Waals surface area contributed by atoms with Gasteiger partial charge in [0.15, 0.2) is 0 Å². The van der Waals surface area contributed by atoms with Crippen LogP contribution in [0.15, 0.2) is 60.8 Å². The summed E-state index contributed by atoms with van der Waals surface area (Å²) in [6.07, 6.45) is 1.14. The third kappa shape index (κ3) is 2.35. The van der Waals surface area contributed by atoms with E-state index in [9.17, 15) is 5.11 Å². The summed E-state index contributed by atoms with van der Waals surface area (Å²) in [4.78, 5) is 4.33. The lowest BCUT2D eigenvalue weighted by atomic mass is 9.98. The Labute approximate surface area is 125 Å². The Balaban J connectivity index is 2.17. The third-order valence-corrected chi connectivity index (χ3v) is 4.16. The Kier molecular flexibility index (Phi) is 3.48. The van der Waals surface area contributed by atoms with Crippen molar-refractivity contribution in [1.29, 1.82) is 0 Å². The minimum Gasteiger partial charge on any atom is -0.384 e. The van der Waals surface area contributed by atoms with Crippen LogP contribution in [-0.2, 0) is 0 Å². The van der Waals surface area contributed by atoms with E-state index in [1.165, 1.54) is 0 Å². The molecule has 94 valence electrons. The SMILES string of the molecule is OC(c1ccccc1I)c1cccc2ncccc12. The molecule has 2 nitrogen and oxygen atoms in total. The molecule has 0 aliphatic heterocycles. The average Bonchev–Trinajstić information content (AvgIpc) is 2.46. The van der Waals surface area contributed by atoms with Crippen molar-refractivity contribution in [3.63, 3.8) is 0 Å². The van der Waals surface area contributed by atoms with E-state index < -0.39 is 6.10 Å². The van der Waals surface area contributed by atoms with Crippen molar-refractivity contribution in [2.24, 2.45) is 0 Å². The highest BCUT2D eigenvalue weighted by Crippen LogP contribution is 2.30. The van der Waals surface area contributed by atoms with Gasteiger partial charge in [0.2, 0.25) is 0 Å². The van der Waals surface area contributed by atoms with Crippen LogP contribution in [0.5, 0.6) is 0 Å². The molecule has 0 amide bonds. The molecule has 0 fully saturated rings. The number of pyridine rings is 1. The summed E-state index contributed by atoms with van der Waals surface area (Å²) in [6.45, 7) is 0. The summed E-state index contributed by atoms with van der Waals surface area (Å²) in [5.74, 6) is 0. The van der Waals surface area contributed by atoms with Gasteiger partial charge in [0, 0.05) is 15.2 Å². The number of hydrogen-bond donors (Lipinski definition) is 1. The molecule has 3 heteroatoms. The zero-order chi connectivity index (χ0) is 13.2. The Morgan fingerprint density at radius 3 is 2.53 bits per heavy atom. The van der Waals surface area contributed by atoms with E-state index in [1.54, 1.807) is 6.20 Å². The van der Waals surface area contributed by atoms with Crippen molar-refractivity contribution in [2.45, 2.75) is 6.10 Å². The first-order valence-electron chi connectivity index (χ1n) is 6.03. The summed E-state index contributed by atoms with van der Waals surface area (Å²) in [6, 6.07) is 17.6. The van der Waals surface area contributed by atoms with Gasteiger partial charge in [-0.05, 0) is 51.9 Å². The maximum atomic E-state index is 10.6. The standard InChI is InChI=1S/C16H12INO/c17-14-8-2-1-5-13(14)16(19)12-6-3-9-15-11(12)7-4-10-18-15/h1-10,16,19H. The van der Waals surface area contributed by atoms with Gasteiger partial charge >= 0.3 is 0 Å². The number of hydrogen-bond acceptors (Lipinski definition) is 2. The molecule has 0 aliphatic rings. The van der Waals surface area contributed by atoms with Gasteiger partial charge in [0.1, 0.15) is 6.10 Å². The van der Waals surface area contributed by atoms with Crippen molar-refractivity contribution in [2.75, 3.05) is 0 Å². The largest absolute Gasteiger partial charge is 0.384 e. The normalized spacial score (nSPS) is 12.5. The van der Waals surface area contributed by atoms with Crippen molar-refractivity contribution >= 4 is 33.5 Å². The van der Waals surface area contributed by atoms with Crippen LogP contribution in [0.3, 0.4) is 0 Å². The Morgan fingerprint density at radius 1 is 0.895 bits per heavy atom. The highest BCUT2D eigenvalue weighted by atomic mass is 127. The predicted molar refractivity (Wildman–Crippen MR) is 85.0 cm³/mol. The maximum absolute atomic E-state index is 10.6. The van der Waals surface area contributed by atoms with Gasteiger partial charge in [-0.25, -0.2) is 0 Å². The predicted octanol–water partition coefficient (Wildman–Crippen LogP) is 3.92. The van der Waals surface area contributed by atoms with Crippen LogP contribution in [0, 0.1) is 3.57 Å². The second-order valence-electron chi connectivity index (χ2n) is 4.34. The zero-order valence-corrected chi connectivity index (χ0v) is 12.3. The molecule has 1 N–H and O–H groups in total. The number of fused-ring (bicyclic) bond motifs is 1. The van der Waals surface area contributed by atoms with Gasteiger partial charge in [0.05, 0.1) is 5.52 Å². The summed E-state index contributed by atoms with van der Waals surface area (Å²) >= 11 is 2.25. The second-order valence-corrected chi connectivity index (χ2v) is 5.50. The molecule has 3 aromatic rings. The number of aromatic nitrogens is 1. The molecular formula is C16H12INO. The molecule has 2 aromatic carbocycles. The molecule has 0 saturated carbocycles. The zero-order valence-electron chi connectivity index (χ0n) is 10.1. The molecule has 0 aliphatic carbocycles. The molecular weight excluding hydrogens is 349 g/mol. The number of rotatable bonds is 2. The van der Waals surface area contributed by atoms with E-state index in [-0.39, 0.29) is 0 Å². The number of nitrogens with zero attached hydrogens (tertiary/aromatic N) is 1. The van der Waals surface area contributed by atoms with Crippen LogP contribution < -0.4 is 0 Å².